The lowest BCUT2D eigenvalue weighted by atomic mass is 9.92. The molecule has 3 heteroatoms. The Balaban J connectivity index is 2.85. The predicted octanol–water partition coefficient (Wildman–Crippen LogP) is 3.03. The first-order chi connectivity index (χ1) is 8.12. The van der Waals surface area contributed by atoms with Crippen molar-refractivity contribution < 1.29 is 0 Å². The second-order valence-corrected chi connectivity index (χ2v) is 4.85. The highest BCUT2D eigenvalue weighted by Gasteiger charge is 2.17. The number of nitrogens with zero attached hydrogens (tertiary/aromatic N) is 1. The van der Waals surface area contributed by atoms with Gasteiger partial charge >= 0.3 is 0 Å². The minimum absolute atomic E-state index is 0.167. The zero-order valence-corrected chi connectivity index (χ0v) is 11.5. The summed E-state index contributed by atoms with van der Waals surface area (Å²) >= 11 is 0. The Morgan fingerprint density at radius 3 is 2.41 bits per heavy atom. The van der Waals surface area contributed by atoms with Gasteiger partial charge in [-0.3, -0.25) is 16.3 Å². The Bertz CT molecular complexity index is 345. The molecule has 96 valence electrons. The van der Waals surface area contributed by atoms with E-state index in [9.17, 15) is 0 Å². The first kappa shape index (κ1) is 14.1. The van der Waals surface area contributed by atoms with Crippen molar-refractivity contribution in [1.29, 1.82) is 0 Å². The van der Waals surface area contributed by atoms with Crippen LogP contribution >= 0.6 is 0 Å². The number of hydrogen-bond donors (Lipinski definition) is 2. The number of hydrogen-bond acceptors (Lipinski definition) is 3. The van der Waals surface area contributed by atoms with Crippen molar-refractivity contribution in [3.63, 3.8) is 0 Å². The molecule has 0 saturated carbocycles. The van der Waals surface area contributed by atoms with E-state index in [1.807, 2.05) is 6.20 Å². The largest absolute Gasteiger partial charge is 0.271 e. The van der Waals surface area contributed by atoms with Crippen LogP contribution in [0.4, 0.5) is 0 Å². The number of hydrazine groups is 1. The highest BCUT2D eigenvalue weighted by molar-refractivity contribution is 5.25. The number of nitrogens with one attached hydrogen (secondary N) is 1. The van der Waals surface area contributed by atoms with Gasteiger partial charge in [0.15, 0.2) is 0 Å². The van der Waals surface area contributed by atoms with E-state index in [4.69, 9.17) is 5.84 Å². The van der Waals surface area contributed by atoms with Gasteiger partial charge in [0.05, 0.1) is 11.7 Å². The van der Waals surface area contributed by atoms with Crippen molar-refractivity contribution in [3.05, 3.63) is 29.1 Å². The van der Waals surface area contributed by atoms with Gasteiger partial charge in [-0.15, -0.1) is 0 Å². The molecule has 17 heavy (non-hydrogen) atoms. The van der Waals surface area contributed by atoms with E-state index in [-0.39, 0.29) is 6.04 Å². The molecule has 3 N–H and O–H groups in total. The standard InChI is InChI=1S/C14H25N3/c1-5-12(6-2)8-13(17-15)14-11(4)7-10(3)9-16-14/h7,9,12-13,17H,5-6,8,15H2,1-4H3. The molecule has 0 aromatic carbocycles. The van der Waals surface area contributed by atoms with Crippen LogP contribution in [0.15, 0.2) is 12.3 Å². The summed E-state index contributed by atoms with van der Waals surface area (Å²) in [6.07, 6.45) is 5.36. The maximum absolute atomic E-state index is 5.68. The maximum Gasteiger partial charge on any atom is 0.0637 e. The molecule has 0 aliphatic carbocycles. The quantitative estimate of drug-likeness (QED) is 0.588. The van der Waals surface area contributed by atoms with E-state index in [0.29, 0.717) is 5.92 Å². The van der Waals surface area contributed by atoms with Crippen molar-refractivity contribution in [2.75, 3.05) is 0 Å². The molecule has 1 rings (SSSR count). The molecule has 1 atom stereocenters. The van der Waals surface area contributed by atoms with Crippen LogP contribution in [0.5, 0.6) is 0 Å². The summed E-state index contributed by atoms with van der Waals surface area (Å²) in [4.78, 5) is 4.53. The molecular formula is C14H25N3. The lowest BCUT2D eigenvalue weighted by molar-refractivity contribution is 0.369. The molecule has 0 spiro atoms. The normalized spacial score (nSPS) is 13.1. The van der Waals surface area contributed by atoms with Crippen LogP contribution in [-0.4, -0.2) is 4.98 Å². The zero-order valence-electron chi connectivity index (χ0n) is 11.5. The molecule has 0 bridgehead atoms. The van der Waals surface area contributed by atoms with Crippen LogP contribution < -0.4 is 11.3 Å². The van der Waals surface area contributed by atoms with Crippen LogP contribution in [0.3, 0.4) is 0 Å². The summed E-state index contributed by atoms with van der Waals surface area (Å²) in [7, 11) is 0. The molecule has 1 aromatic rings. The van der Waals surface area contributed by atoms with Crippen molar-refractivity contribution in [2.24, 2.45) is 11.8 Å². The van der Waals surface area contributed by atoms with Gasteiger partial charge < -0.3 is 0 Å². The third-order valence-corrected chi connectivity index (χ3v) is 3.51. The summed E-state index contributed by atoms with van der Waals surface area (Å²) in [6, 6.07) is 2.33. The SMILES string of the molecule is CCC(CC)CC(NN)c1ncc(C)cc1C. The fourth-order valence-electron chi connectivity index (χ4n) is 2.30. The van der Waals surface area contributed by atoms with Crippen LogP contribution in [-0.2, 0) is 0 Å². The molecule has 0 radical (unpaired) electrons. The van der Waals surface area contributed by atoms with Crippen molar-refractivity contribution >= 4 is 0 Å². The highest BCUT2D eigenvalue weighted by Crippen LogP contribution is 2.25. The Kier molecular flexibility index (Phi) is 5.59. The molecule has 0 amide bonds. The van der Waals surface area contributed by atoms with Gasteiger partial charge in [0.1, 0.15) is 0 Å². The van der Waals surface area contributed by atoms with Crippen molar-refractivity contribution in [2.45, 2.75) is 53.0 Å². The van der Waals surface area contributed by atoms with Crippen LogP contribution in [0, 0.1) is 19.8 Å². The van der Waals surface area contributed by atoms with Crippen LogP contribution in [0.25, 0.3) is 0 Å². The third kappa shape index (κ3) is 3.79. The number of aryl methyl sites for hydroxylation is 2. The summed E-state index contributed by atoms with van der Waals surface area (Å²) in [5, 5.41) is 0. The van der Waals surface area contributed by atoms with Gasteiger partial charge in [-0.2, -0.15) is 0 Å². The smallest absolute Gasteiger partial charge is 0.0637 e. The number of rotatable bonds is 6. The monoisotopic (exact) mass is 235 g/mol. The van der Waals surface area contributed by atoms with Gasteiger partial charge in [0.25, 0.3) is 0 Å². The zero-order chi connectivity index (χ0) is 12.8. The number of aromatic nitrogens is 1. The molecule has 3 nitrogen and oxygen atoms in total. The van der Waals surface area contributed by atoms with Gasteiger partial charge in [-0.25, -0.2) is 0 Å². The van der Waals surface area contributed by atoms with E-state index >= 15 is 0 Å². The highest BCUT2D eigenvalue weighted by atomic mass is 15.2. The Labute approximate surface area is 105 Å². The van der Waals surface area contributed by atoms with Crippen LogP contribution in [0.1, 0.15) is 56.0 Å². The fraction of sp³-hybridized carbons (Fsp3) is 0.643. The van der Waals surface area contributed by atoms with Crippen molar-refractivity contribution in [1.82, 2.24) is 10.4 Å². The number of pyridine rings is 1. The second-order valence-electron chi connectivity index (χ2n) is 4.85. The first-order valence-electron chi connectivity index (χ1n) is 6.51. The maximum atomic E-state index is 5.68. The van der Waals surface area contributed by atoms with Crippen LogP contribution in [0.2, 0.25) is 0 Å². The van der Waals surface area contributed by atoms with Gasteiger partial charge in [0.2, 0.25) is 0 Å². The summed E-state index contributed by atoms with van der Waals surface area (Å²) < 4.78 is 0. The number of nitrogens with two attached hydrogens (primary N) is 1. The summed E-state index contributed by atoms with van der Waals surface area (Å²) in [5.41, 5.74) is 6.42. The Morgan fingerprint density at radius 1 is 1.29 bits per heavy atom. The summed E-state index contributed by atoms with van der Waals surface area (Å²) in [6.45, 7) is 8.64. The predicted molar refractivity (Wildman–Crippen MR) is 72.5 cm³/mol. The topological polar surface area (TPSA) is 50.9 Å². The average Bonchev–Trinajstić information content (AvgIpc) is 2.32. The van der Waals surface area contributed by atoms with E-state index < -0.39 is 0 Å². The molecule has 0 saturated heterocycles. The summed E-state index contributed by atoms with van der Waals surface area (Å²) in [5.74, 6) is 6.39. The second kappa shape index (κ2) is 6.72. The van der Waals surface area contributed by atoms with Gasteiger partial charge in [0, 0.05) is 6.20 Å². The minimum Gasteiger partial charge on any atom is -0.271 e. The van der Waals surface area contributed by atoms with E-state index in [2.05, 4.69) is 44.2 Å². The lowest BCUT2D eigenvalue weighted by Gasteiger charge is -2.22. The molecule has 1 aromatic heterocycles. The molecule has 0 aliphatic rings. The first-order valence-corrected chi connectivity index (χ1v) is 6.51. The fourth-order valence-corrected chi connectivity index (χ4v) is 2.30. The van der Waals surface area contributed by atoms with Gasteiger partial charge in [-0.1, -0.05) is 32.8 Å². The third-order valence-electron chi connectivity index (χ3n) is 3.51. The molecular weight excluding hydrogens is 210 g/mol. The van der Waals surface area contributed by atoms with E-state index in [1.165, 1.54) is 24.0 Å². The molecule has 1 heterocycles. The minimum atomic E-state index is 0.167. The van der Waals surface area contributed by atoms with E-state index in [0.717, 1.165) is 12.1 Å². The molecule has 1 unspecified atom stereocenters. The lowest BCUT2D eigenvalue weighted by Crippen LogP contribution is -2.30. The molecule has 0 aliphatic heterocycles. The Morgan fingerprint density at radius 2 is 1.94 bits per heavy atom. The average molecular weight is 235 g/mol. The van der Waals surface area contributed by atoms with Gasteiger partial charge in [-0.05, 0) is 37.3 Å². The van der Waals surface area contributed by atoms with E-state index in [1.54, 1.807) is 0 Å². The Hall–Kier alpha value is -0.930. The van der Waals surface area contributed by atoms with Crippen molar-refractivity contribution in [3.8, 4) is 0 Å². The molecule has 0 fully saturated rings.